The Kier molecular flexibility index (Phi) is 4.13. The van der Waals surface area contributed by atoms with Crippen molar-refractivity contribution in [3.05, 3.63) is 34.4 Å². The molecule has 1 aromatic rings. The average Bonchev–Trinajstić information content (AvgIpc) is 3.04. The van der Waals surface area contributed by atoms with Gasteiger partial charge < -0.3 is 5.32 Å². The molecule has 2 heterocycles. The monoisotopic (exact) mass is 272 g/mol. The molecular formula is C18H28N2. The highest BCUT2D eigenvalue weighted by molar-refractivity contribution is 5.37. The summed E-state index contributed by atoms with van der Waals surface area (Å²) in [6.45, 7) is 10.4. The molecule has 0 aliphatic carbocycles. The maximum absolute atomic E-state index is 3.71. The van der Waals surface area contributed by atoms with Crippen molar-refractivity contribution in [3.63, 3.8) is 0 Å². The quantitative estimate of drug-likeness (QED) is 0.908. The van der Waals surface area contributed by atoms with Gasteiger partial charge in [0.05, 0.1) is 0 Å². The van der Waals surface area contributed by atoms with Gasteiger partial charge in [-0.3, -0.25) is 4.90 Å². The molecule has 0 spiro atoms. The van der Waals surface area contributed by atoms with Gasteiger partial charge in [-0.1, -0.05) is 17.7 Å². The Hall–Kier alpha value is -0.860. The molecule has 1 aromatic carbocycles. The summed E-state index contributed by atoms with van der Waals surface area (Å²) in [5, 5.41) is 3.71. The van der Waals surface area contributed by atoms with Gasteiger partial charge in [0.25, 0.3) is 0 Å². The predicted molar refractivity (Wildman–Crippen MR) is 85.1 cm³/mol. The van der Waals surface area contributed by atoms with E-state index in [0.717, 1.165) is 18.6 Å². The van der Waals surface area contributed by atoms with E-state index in [4.69, 9.17) is 0 Å². The minimum atomic E-state index is 0.739. The molecule has 0 unspecified atom stereocenters. The average molecular weight is 272 g/mol. The number of benzene rings is 1. The van der Waals surface area contributed by atoms with E-state index in [9.17, 15) is 0 Å². The third kappa shape index (κ3) is 2.77. The maximum atomic E-state index is 3.71. The number of hydrogen-bond donors (Lipinski definition) is 1. The Bertz CT molecular complexity index is 451. The summed E-state index contributed by atoms with van der Waals surface area (Å²) in [5.74, 6) is 0. The van der Waals surface area contributed by atoms with Crippen molar-refractivity contribution >= 4 is 0 Å². The number of aryl methyl sites for hydroxylation is 3. The van der Waals surface area contributed by atoms with Crippen LogP contribution in [-0.4, -0.2) is 30.1 Å². The van der Waals surface area contributed by atoms with E-state index >= 15 is 0 Å². The second kappa shape index (κ2) is 5.87. The third-order valence-corrected chi connectivity index (χ3v) is 5.18. The molecule has 1 N–H and O–H groups in total. The first-order valence-corrected chi connectivity index (χ1v) is 8.19. The first kappa shape index (κ1) is 14.1. The van der Waals surface area contributed by atoms with Crippen molar-refractivity contribution in [2.45, 2.75) is 65.1 Å². The lowest BCUT2D eigenvalue weighted by molar-refractivity contribution is 0.206. The predicted octanol–water partition coefficient (Wildman–Crippen LogP) is 3.33. The van der Waals surface area contributed by atoms with E-state index in [1.54, 1.807) is 5.56 Å². The fourth-order valence-corrected chi connectivity index (χ4v) is 4.21. The first-order chi connectivity index (χ1) is 9.65. The standard InChI is InChI=1S/C18H28N2/c1-13-10-14(2)16(15(3)11-13)12-20-9-5-7-18(20)17-6-4-8-19-17/h10-11,17-19H,4-9,12H2,1-3H3/t17-,18-/m0/s1. The normalized spacial score (nSPS) is 27.4. The second-order valence-corrected chi connectivity index (χ2v) is 6.76. The second-order valence-electron chi connectivity index (χ2n) is 6.76. The summed E-state index contributed by atoms with van der Waals surface area (Å²) in [6, 6.07) is 6.17. The van der Waals surface area contributed by atoms with E-state index in [2.05, 4.69) is 43.1 Å². The van der Waals surface area contributed by atoms with Crippen LogP contribution in [0.2, 0.25) is 0 Å². The Morgan fingerprint density at radius 1 is 1.10 bits per heavy atom. The van der Waals surface area contributed by atoms with Crippen LogP contribution < -0.4 is 5.32 Å². The molecular weight excluding hydrogens is 244 g/mol. The van der Waals surface area contributed by atoms with E-state index in [-0.39, 0.29) is 0 Å². The van der Waals surface area contributed by atoms with Crippen LogP contribution in [0.25, 0.3) is 0 Å². The molecule has 2 fully saturated rings. The zero-order valence-corrected chi connectivity index (χ0v) is 13.2. The van der Waals surface area contributed by atoms with Crippen LogP contribution >= 0.6 is 0 Å². The van der Waals surface area contributed by atoms with Gasteiger partial charge in [0.1, 0.15) is 0 Å². The number of likely N-dealkylation sites (tertiary alicyclic amines) is 1. The van der Waals surface area contributed by atoms with Gasteiger partial charge in [0.2, 0.25) is 0 Å². The van der Waals surface area contributed by atoms with Crippen molar-refractivity contribution in [2.75, 3.05) is 13.1 Å². The van der Waals surface area contributed by atoms with Crippen LogP contribution in [0, 0.1) is 20.8 Å². The Morgan fingerprint density at radius 2 is 1.85 bits per heavy atom. The number of nitrogens with zero attached hydrogens (tertiary/aromatic N) is 1. The topological polar surface area (TPSA) is 15.3 Å². The van der Waals surface area contributed by atoms with Crippen molar-refractivity contribution in [1.29, 1.82) is 0 Å². The third-order valence-electron chi connectivity index (χ3n) is 5.18. The molecule has 110 valence electrons. The molecule has 2 aliphatic rings. The minimum absolute atomic E-state index is 0.739. The molecule has 2 aliphatic heterocycles. The highest BCUT2D eigenvalue weighted by atomic mass is 15.2. The van der Waals surface area contributed by atoms with Crippen LogP contribution in [0.3, 0.4) is 0 Å². The van der Waals surface area contributed by atoms with Crippen molar-refractivity contribution in [3.8, 4) is 0 Å². The Balaban J connectivity index is 1.76. The van der Waals surface area contributed by atoms with Gasteiger partial charge in [-0.2, -0.15) is 0 Å². The molecule has 3 rings (SSSR count). The van der Waals surface area contributed by atoms with Gasteiger partial charge in [0.15, 0.2) is 0 Å². The molecule has 0 saturated carbocycles. The summed E-state index contributed by atoms with van der Waals surface area (Å²) in [4.78, 5) is 2.73. The lowest BCUT2D eigenvalue weighted by atomic mass is 9.98. The fraction of sp³-hybridized carbons (Fsp3) is 0.667. The summed E-state index contributed by atoms with van der Waals surface area (Å²) in [6.07, 6.45) is 5.47. The number of nitrogens with one attached hydrogen (secondary N) is 1. The smallest absolute Gasteiger partial charge is 0.0253 e. The van der Waals surface area contributed by atoms with Gasteiger partial charge in [-0.15, -0.1) is 0 Å². The van der Waals surface area contributed by atoms with Crippen molar-refractivity contribution in [2.24, 2.45) is 0 Å². The molecule has 2 heteroatoms. The lowest BCUT2D eigenvalue weighted by Crippen LogP contribution is -2.43. The number of hydrogen-bond acceptors (Lipinski definition) is 2. The van der Waals surface area contributed by atoms with Gasteiger partial charge in [-0.05, 0) is 76.2 Å². The molecule has 0 bridgehead atoms. The molecule has 2 nitrogen and oxygen atoms in total. The Labute approximate surface area is 123 Å². The molecule has 0 aromatic heterocycles. The fourth-order valence-electron chi connectivity index (χ4n) is 4.21. The molecule has 0 radical (unpaired) electrons. The van der Waals surface area contributed by atoms with E-state index in [0.29, 0.717) is 0 Å². The van der Waals surface area contributed by atoms with Crippen LogP contribution in [0.1, 0.15) is 47.9 Å². The first-order valence-electron chi connectivity index (χ1n) is 8.19. The number of rotatable bonds is 3. The van der Waals surface area contributed by atoms with Crippen LogP contribution in [-0.2, 0) is 6.54 Å². The molecule has 2 saturated heterocycles. The summed E-state index contributed by atoms with van der Waals surface area (Å²) < 4.78 is 0. The Morgan fingerprint density at radius 3 is 2.50 bits per heavy atom. The summed E-state index contributed by atoms with van der Waals surface area (Å²) in [5.41, 5.74) is 5.87. The summed E-state index contributed by atoms with van der Waals surface area (Å²) in [7, 11) is 0. The largest absolute Gasteiger partial charge is 0.312 e. The van der Waals surface area contributed by atoms with Crippen LogP contribution in [0.5, 0.6) is 0 Å². The van der Waals surface area contributed by atoms with Gasteiger partial charge in [-0.25, -0.2) is 0 Å². The SMILES string of the molecule is Cc1cc(C)c(CN2CCC[C@H]2[C@@H]2CCCN2)c(C)c1. The highest BCUT2D eigenvalue weighted by Crippen LogP contribution is 2.28. The van der Waals surface area contributed by atoms with E-state index in [1.165, 1.54) is 55.5 Å². The molecule has 0 amide bonds. The molecule has 2 atom stereocenters. The lowest BCUT2D eigenvalue weighted by Gasteiger charge is -2.30. The van der Waals surface area contributed by atoms with Gasteiger partial charge >= 0.3 is 0 Å². The zero-order chi connectivity index (χ0) is 14.1. The van der Waals surface area contributed by atoms with Crippen LogP contribution in [0.4, 0.5) is 0 Å². The van der Waals surface area contributed by atoms with Gasteiger partial charge in [0, 0.05) is 18.6 Å². The molecule has 20 heavy (non-hydrogen) atoms. The highest BCUT2D eigenvalue weighted by Gasteiger charge is 2.33. The van der Waals surface area contributed by atoms with E-state index < -0.39 is 0 Å². The van der Waals surface area contributed by atoms with Crippen molar-refractivity contribution in [1.82, 2.24) is 10.2 Å². The minimum Gasteiger partial charge on any atom is -0.312 e. The maximum Gasteiger partial charge on any atom is 0.0253 e. The van der Waals surface area contributed by atoms with Crippen molar-refractivity contribution < 1.29 is 0 Å². The van der Waals surface area contributed by atoms with E-state index in [1.807, 2.05) is 0 Å². The summed E-state index contributed by atoms with van der Waals surface area (Å²) >= 11 is 0. The van der Waals surface area contributed by atoms with Crippen LogP contribution in [0.15, 0.2) is 12.1 Å². The zero-order valence-electron chi connectivity index (χ0n) is 13.2.